The topological polar surface area (TPSA) is 114 Å². The van der Waals surface area contributed by atoms with E-state index < -0.39 is 19.3 Å². The van der Waals surface area contributed by atoms with E-state index in [9.17, 15) is 13.2 Å². The van der Waals surface area contributed by atoms with Gasteiger partial charge in [0.25, 0.3) is 0 Å². The molecule has 1 aromatic heterocycles. The Hall–Kier alpha value is -2.72. The third-order valence-electron chi connectivity index (χ3n) is 6.94. The number of anilines is 2. The van der Waals surface area contributed by atoms with Gasteiger partial charge in [0.15, 0.2) is 15.7 Å². The van der Waals surface area contributed by atoms with Crippen LogP contribution in [-0.2, 0) is 19.3 Å². The molecule has 2 aromatic rings. The van der Waals surface area contributed by atoms with Gasteiger partial charge in [0.05, 0.1) is 29.7 Å². The lowest BCUT2D eigenvalue weighted by Gasteiger charge is -2.35. The highest BCUT2D eigenvalue weighted by Gasteiger charge is 2.61. The number of ether oxygens (including phenoxy) is 1. The van der Waals surface area contributed by atoms with Gasteiger partial charge >= 0.3 is 6.03 Å². The molecule has 1 aliphatic heterocycles. The molecule has 1 aromatic carbocycles. The molecule has 0 unspecified atom stereocenters. The van der Waals surface area contributed by atoms with E-state index in [2.05, 4.69) is 22.5 Å². The van der Waals surface area contributed by atoms with Crippen molar-refractivity contribution in [3.63, 3.8) is 0 Å². The van der Waals surface area contributed by atoms with Gasteiger partial charge in [-0.05, 0) is 70.7 Å². The summed E-state index contributed by atoms with van der Waals surface area (Å²) in [5.74, 6) is 1.54. The first-order valence-electron chi connectivity index (χ1n) is 13.0. The van der Waals surface area contributed by atoms with Crippen LogP contribution in [0.15, 0.2) is 30.3 Å². The first-order chi connectivity index (χ1) is 17.3. The van der Waals surface area contributed by atoms with E-state index in [4.69, 9.17) is 14.7 Å². The SMILES string of the molecule is CC(C)CNC(=O)Nc1ccc(-c2nc(N3CCOC[C@@H]3C)cc(C3(S(=O)(=O)C(C)(C)C)CC3)n2)cc1. The Morgan fingerprint density at radius 1 is 1.19 bits per heavy atom. The standard InChI is InChI=1S/C27H39N5O4S/c1-18(2)16-28-25(33)29-21-9-7-20(8-10-21)24-30-22(27(11-12-27)37(34,35)26(4,5)6)15-23(31-24)32-13-14-36-17-19(32)3/h7-10,15,18-19H,11-14,16-17H2,1-6H3,(H2,28,29,33)/t19-/m0/s1. The third kappa shape index (κ3) is 5.60. The Balaban J connectivity index is 1.70. The maximum Gasteiger partial charge on any atom is 0.319 e. The second-order valence-electron chi connectivity index (χ2n) is 11.5. The highest BCUT2D eigenvalue weighted by molar-refractivity contribution is 7.94. The van der Waals surface area contributed by atoms with E-state index >= 15 is 0 Å². The molecule has 2 heterocycles. The minimum Gasteiger partial charge on any atom is -0.377 e. The van der Waals surface area contributed by atoms with Crippen molar-refractivity contribution in [1.82, 2.24) is 15.3 Å². The first kappa shape index (κ1) is 27.3. The molecule has 202 valence electrons. The van der Waals surface area contributed by atoms with Crippen LogP contribution in [0.1, 0.15) is 60.1 Å². The van der Waals surface area contributed by atoms with Crippen molar-refractivity contribution in [1.29, 1.82) is 0 Å². The minimum atomic E-state index is -3.50. The van der Waals surface area contributed by atoms with Gasteiger partial charge in [-0.15, -0.1) is 0 Å². The summed E-state index contributed by atoms with van der Waals surface area (Å²) in [5.41, 5.74) is 1.95. The molecule has 0 bridgehead atoms. The van der Waals surface area contributed by atoms with E-state index in [-0.39, 0.29) is 12.1 Å². The van der Waals surface area contributed by atoms with Crippen molar-refractivity contribution in [3.8, 4) is 11.4 Å². The van der Waals surface area contributed by atoms with E-state index in [1.165, 1.54) is 0 Å². The molecular formula is C27H39N5O4S. The van der Waals surface area contributed by atoms with E-state index in [1.807, 2.05) is 32.0 Å². The molecule has 1 atom stereocenters. The first-order valence-corrected chi connectivity index (χ1v) is 14.5. The molecule has 10 heteroatoms. The number of aromatic nitrogens is 2. The summed E-state index contributed by atoms with van der Waals surface area (Å²) in [4.78, 5) is 24.0. The van der Waals surface area contributed by atoms with Crippen LogP contribution in [0.3, 0.4) is 0 Å². The molecule has 2 aliphatic rings. The number of morpholine rings is 1. The maximum atomic E-state index is 13.6. The molecule has 0 spiro atoms. The number of nitrogens with zero attached hydrogens (tertiary/aromatic N) is 3. The van der Waals surface area contributed by atoms with Gasteiger partial charge in [0.1, 0.15) is 10.6 Å². The van der Waals surface area contributed by atoms with Crippen molar-refractivity contribution in [2.45, 2.75) is 69.9 Å². The number of rotatable bonds is 7. The highest BCUT2D eigenvalue weighted by atomic mass is 32.2. The molecule has 37 heavy (non-hydrogen) atoms. The molecule has 1 saturated heterocycles. The monoisotopic (exact) mass is 529 g/mol. The Kier molecular flexibility index (Phi) is 7.54. The van der Waals surface area contributed by atoms with Gasteiger partial charge in [-0.1, -0.05) is 13.8 Å². The maximum absolute atomic E-state index is 13.6. The average molecular weight is 530 g/mol. The summed E-state index contributed by atoms with van der Waals surface area (Å²) < 4.78 is 31.0. The fourth-order valence-electron chi connectivity index (χ4n) is 4.55. The molecule has 4 rings (SSSR count). The van der Waals surface area contributed by atoms with Crippen LogP contribution in [0.5, 0.6) is 0 Å². The predicted octanol–water partition coefficient (Wildman–Crippen LogP) is 4.35. The lowest BCUT2D eigenvalue weighted by Crippen LogP contribution is -2.44. The van der Waals surface area contributed by atoms with Crippen LogP contribution in [0.2, 0.25) is 0 Å². The average Bonchev–Trinajstić information content (AvgIpc) is 3.65. The van der Waals surface area contributed by atoms with Crippen molar-refractivity contribution in [2.24, 2.45) is 5.92 Å². The molecule has 2 amide bonds. The number of nitrogens with one attached hydrogen (secondary N) is 2. The smallest absolute Gasteiger partial charge is 0.319 e. The molecular weight excluding hydrogens is 490 g/mol. The second-order valence-corrected chi connectivity index (χ2v) is 14.5. The molecule has 2 N–H and O–H groups in total. The van der Waals surface area contributed by atoms with E-state index in [0.29, 0.717) is 68.1 Å². The Labute approximate surface area is 220 Å². The van der Waals surface area contributed by atoms with Gasteiger partial charge in [-0.25, -0.2) is 23.2 Å². The van der Waals surface area contributed by atoms with Crippen LogP contribution in [0.4, 0.5) is 16.3 Å². The van der Waals surface area contributed by atoms with E-state index in [0.717, 1.165) is 5.56 Å². The number of amides is 2. The summed E-state index contributed by atoms with van der Waals surface area (Å²) >= 11 is 0. The summed E-state index contributed by atoms with van der Waals surface area (Å²) in [6, 6.07) is 9.01. The highest BCUT2D eigenvalue weighted by Crippen LogP contribution is 2.56. The van der Waals surface area contributed by atoms with Gasteiger partial charge in [-0.3, -0.25) is 0 Å². The number of urea groups is 1. The zero-order valence-corrected chi connectivity index (χ0v) is 23.5. The number of carbonyl (C=O) groups is 1. The number of sulfone groups is 1. The van der Waals surface area contributed by atoms with Gasteiger partial charge in [0, 0.05) is 30.4 Å². The number of hydrogen-bond donors (Lipinski definition) is 2. The van der Waals surface area contributed by atoms with Crippen LogP contribution in [-0.4, -0.2) is 61.5 Å². The molecule has 1 saturated carbocycles. The fraction of sp³-hybridized carbons (Fsp3) is 0.593. The van der Waals surface area contributed by atoms with Gasteiger partial charge in [0.2, 0.25) is 0 Å². The minimum absolute atomic E-state index is 0.106. The largest absolute Gasteiger partial charge is 0.377 e. The Bertz CT molecular complexity index is 1230. The van der Waals surface area contributed by atoms with Crippen LogP contribution in [0.25, 0.3) is 11.4 Å². The molecule has 9 nitrogen and oxygen atoms in total. The lowest BCUT2D eigenvalue weighted by molar-refractivity contribution is 0.0985. The van der Waals surface area contributed by atoms with Gasteiger partial charge in [-0.2, -0.15) is 0 Å². The quantitative estimate of drug-likeness (QED) is 0.548. The number of hydrogen-bond acceptors (Lipinski definition) is 7. The predicted molar refractivity (Wildman–Crippen MR) is 147 cm³/mol. The number of carbonyl (C=O) groups excluding carboxylic acids is 1. The fourth-order valence-corrected chi connectivity index (χ4v) is 6.74. The Morgan fingerprint density at radius 3 is 2.43 bits per heavy atom. The van der Waals surface area contributed by atoms with Crippen molar-refractivity contribution in [3.05, 3.63) is 36.0 Å². The third-order valence-corrected chi connectivity index (χ3v) is 10.2. The van der Waals surface area contributed by atoms with Crippen LogP contribution >= 0.6 is 0 Å². The summed E-state index contributed by atoms with van der Waals surface area (Å²) in [7, 11) is -3.50. The Morgan fingerprint density at radius 2 is 1.86 bits per heavy atom. The molecule has 1 aliphatic carbocycles. The van der Waals surface area contributed by atoms with Crippen molar-refractivity contribution in [2.75, 3.05) is 36.5 Å². The van der Waals surface area contributed by atoms with Crippen molar-refractivity contribution < 1.29 is 17.9 Å². The zero-order valence-electron chi connectivity index (χ0n) is 22.7. The van der Waals surface area contributed by atoms with Crippen LogP contribution in [0, 0.1) is 5.92 Å². The summed E-state index contributed by atoms with van der Waals surface area (Å²) in [6.45, 7) is 13.8. The lowest BCUT2D eigenvalue weighted by atomic mass is 10.1. The second kappa shape index (κ2) is 10.2. The normalized spacial score (nSPS) is 19.5. The van der Waals surface area contributed by atoms with Gasteiger partial charge < -0.3 is 20.3 Å². The number of benzene rings is 1. The molecule has 0 radical (unpaired) electrons. The summed E-state index contributed by atoms with van der Waals surface area (Å²) in [6.07, 6.45) is 1.10. The van der Waals surface area contributed by atoms with E-state index in [1.54, 1.807) is 32.9 Å². The molecule has 2 fully saturated rings. The zero-order chi connectivity index (χ0) is 27.0. The van der Waals surface area contributed by atoms with Crippen LogP contribution < -0.4 is 15.5 Å². The summed E-state index contributed by atoms with van der Waals surface area (Å²) in [5, 5.41) is 5.67. The van der Waals surface area contributed by atoms with Crippen molar-refractivity contribution >= 4 is 27.4 Å².